The van der Waals surface area contributed by atoms with Crippen LogP contribution >= 0.6 is 0 Å². The highest BCUT2D eigenvalue weighted by Gasteiger charge is 2.53. The Balaban J connectivity index is 1.10. The van der Waals surface area contributed by atoms with Crippen molar-refractivity contribution in [2.45, 2.75) is 36.5 Å². The fourth-order valence-electron chi connectivity index (χ4n) is 10.6. The number of rotatable bonds is 5. The fraction of sp³-hybridized carbons (Fsp3) is 0.111. The number of hydrogen-bond donors (Lipinski definition) is 0. The minimum absolute atomic E-state index is 0.0447. The highest BCUT2D eigenvalue weighted by atomic mass is 15.1. The number of hydrogen-bond acceptors (Lipinski definition) is 1. The first-order chi connectivity index (χ1) is 27.3. The van der Waals surface area contributed by atoms with Crippen LogP contribution in [0.1, 0.15) is 47.9 Å². The molecule has 55 heavy (non-hydrogen) atoms. The van der Waals surface area contributed by atoms with Gasteiger partial charge in [0.2, 0.25) is 0 Å². The third-order valence-corrected chi connectivity index (χ3v) is 13.1. The molecule has 0 aliphatic heterocycles. The summed E-state index contributed by atoms with van der Waals surface area (Å²) in [6, 6.07) is 74.5. The van der Waals surface area contributed by atoms with Gasteiger partial charge in [0.25, 0.3) is 0 Å². The highest BCUT2D eigenvalue weighted by Crippen LogP contribution is 2.64. The predicted octanol–water partition coefficient (Wildman–Crippen LogP) is 14.3. The molecule has 8 aromatic rings. The van der Waals surface area contributed by atoms with Gasteiger partial charge in [-0.25, -0.2) is 0 Å². The minimum Gasteiger partial charge on any atom is -0.309 e. The van der Waals surface area contributed by atoms with Crippen LogP contribution in [-0.2, 0) is 10.8 Å². The zero-order chi connectivity index (χ0) is 36.4. The lowest BCUT2D eigenvalue weighted by Gasteiger charge is -2.45. The molecule has 2 spiro atoms. The summed E-state index contributed by atoms with van der Waals surface area (Å²) in [7, 11) is 0. The monoisotopic (exact) mass is 703 g/mol. The fourth-order valence-corrected chi connectivity index (χ4v) is 10.6. The highest BCUT2D eigenvalue weighted by molar-refractivity contribution is 5.95. The van der Waals surface area contributed by atoms with Gasteiger partial charge in [0, 0.05) is 27.6 Å². The molecule has 0 heterocycles. The van der Waals surface area contributed by atoms with Crippen molar-refractivity contribution in [3.8, 4) is 44.5 Å². The molecule has 1 fully saturated rings. The molecular formula is C54H41N. The van der Waals surface area contributed by atoms with Crippen molar-refractivity contribution < 1.29 is 0 Å². The Morgan fingerprint density at radius 3 is 1.09 bits per heavy atom. The van der Waals surface area contributed by atoms with Gasteiger partial charge in [0.05, 0.1) is 11.4 Å². The van der Waals surface area contributed by atoms with E-state index in [1.54, 1.807) is 0 Å². The topological polar surface area (TPSA) is 3.24 Å². The molecule has 8 aromatic carbocycles. The van der Waals surface area contributed by atoms with Gasteiger partial charge in [-0.1, -0.05) is 176 Å². The maximum atomic E-state index is 2.56. The number of benzene rings is 8. The molecule has 0 aromatic heterocycles. The van der Waals surface area contributed by atoms with Crippen molar-refractivity contribution in [2.75, 3.05) is 4.90 Å². The van der Waals surface area contributed by atoms with Gasteiger partial charge in [-0.3, -0.25) is 0 Å². The van der Waals surface area contributed by atoms with Gasteiger partial charge in [0.1, 0.15) is 0 Å². The van der Waals surface area contributed by atoms with E-state index in [1.165, 1.54) is 83.8 Å². The Hall–Kier alpha value is -6.44. The molecule has 0 amide bonds. The first-order valence-electron chi connectivity index (χ1n) is 19.8. The maximum absolute atomic E-state index is 2.56. The standard InChI is InChI=1S/C54H41N/c1-3-17-38(18-4-1)41-21-10-15-29-51(41)55(52-30-16-11-22-42(52)39-19-5-2-6-20-39)40-31-32-46-45-25-9-14-28-49(45)54(50(46)37-40)35-33-53(34-36-54)47-26-12-7-23-43(47)44-24-8-13-27-48(44)53/h1-32,37H,33-36H2. The summed E-state index contributed by atoms with van der Waals surface area (Å²) >= 11 is 0. The van der Waals surface area contributed by atoms with Crippen LogP contribution in [0.3, 0.4) is 0 Å². The molecule has 0 atom stereocenters. The molecule has 3 aliphatic carbocycles. The first kappa shape index (κ1) is 32.0. The number of nitrogens with zero attached hydrogens (tertiary/aromatic N) is 1. The van der Waals surface area contributed by atoms with Gasteiger partial charge in [-0.05, 0) is 106 Å². The van der Waals surface area contributed by atoms with Crippen molar-refractivity contribution in [3.05, 3.63) is 222 Å². The van der Waals surface area contributed by atoms with Crippen LogP contribution < -0.4 is 4.90 Å². The van der Waals surface area contributed by atoms with E-state index in [1.807, 2.05) is 0 Å². The van der Waals surface area contributed by atoms with Crippen LogP contribution in [0.5, 0.6) is 0 Å². The van der Waals surface area contributed by atoms with E-state index in [9.17, 15) is 0 Å². The SMILES string of the molecule is c1ccc(-c2ccccc2N(c2ccc3c(c2)C2(CCC4(CC2)c2ccccc2-c2ccccc24)c2ccccc2-3)c2ccccc2-c2ccccc2)cc1. The summed E-state index contributed by atoms with van der Waals surface area (Å²) < 4.78 is 0. The van der Waals surface area contributed by atoms with Gasteiger partial charge in [-0.15, -0.1) is 0 Å². The molecule has 3 aliphatic rings. The second kappa shape index (κ2) is 12.6. The van der Waals surface area contributed by atoms with Crippen LogP contribution in [-0.4, -0.2) is 0 Å². The average Bonchev–Trinajstić information content (AvgIpc) is 3.69. The predicted molar refractivity (Wildman–Crippen MR) is 229 cm³/mol. The largest absolute Gasteiger partial charge is 0.309 e. The first-order valence-corrected chi connectivity index (χ1v) is 19.8. The zero-order valence-corrected chi connectivity index (χ0v) is 30.8. The van der Waals surface area contributed by atoms with E-state index >= 15 is 0 Å². The number of fused-ring (bicyclic) bond motifs is 10. The normalized spacial score (nSPS) is 15.3. The van der Waals surface area contributed by atoms with Crippen molar-refractivity contribution >= 4 is 17.1 Å². The Kier molecular flexibility index (Phi) is 7.32. The van der Waals surface area contributed by atoms with Crippen LogP contribution in [0.2, 0.25) is 0 Å². The molecule has 11 rings (SSSR count). The Labute approximate surface area is 324 Å². The molecule has 1 heteroatoms. The lowest BCUT2D eigenvalue weighted by Crippen LogP contribution is -2.39. The van der Waals surface area contributed by atoms with Gasteiger partial charge in [0.15, 0.2) is 0 Å². The smallest absolute Gasteiger partial charge is 0.0540 e. The summed E-state index contributed by atoms with van der Waals surface area (Å²) in [5.41, 5.74) is 20.0. The molecule has 0 N–H and O–H groups in total. The van der Waals surface area contributed by atoms with Crippen LogP contribution in [0.4, 0.5) is 17.1 Å². The third-order valence-electron chi connectivity index (χ3n) is 13.1. The van der Waals surface area contributed by atoms with E-state index in [0.717, 1.165) is 25.7 Å². The molecule has 0 saturated heterocycles. The molecule has 1 nitrogen and oxygen atoms in total. The molecule has 0 unspecified atom stereocenters. The van der Waals surface area contributed by atoms with E-state index < -0.39 is 0 Å². The lowest BCUT2D eigenvalue weighted by molar-refractivity contribution is 0.265. The number of para-hydroxylation sites is 2. The van der Waals surface area contributed by atoms with E-state index in [-0.39, 0.29) is 10.8 Å². The Morgan fingerprint density at radius 1 is 0.291 bits per heavy atom. The second-order valence-corrected chi connectivity index (χ2v) is 15.6. The average molecular weight is 704 g/mol. The molecule has 262 valence electrons. The molecule has 0 bridgehead atoms. The Morgan fingerprint density at radius 2 is 0.636 bits per heavy atom. The number of anilines is 3. The summed E-state index contributed by atoms with van der Waals surface area (Å²) in [5, 5.41) is 0. The molecule has 0 radical (unpaired) electrons. The summed E-state index contributed by atoms with van der Waals surface area (Å²) in [5.74, 6) is 0. The quantitative estimate of drug-likeness (QED) is 0.172. The lowest BCUT2D eigenvalue weighted by atomic mass is 9.57. The molecular weight excluding hydrogens is 663 g/mol. The minimum atomic E-state index is -0.0662. The molecule has 1 saturated carbocycles. The van der Waals surface area contributed by atoms with Crippen molar-refractivity contribution in [1.82, 2.24) is 0 Å². The second-order valence-electron chi connectivity index (χ2n) is 15.6. The van der Waals surface area contributed by atoms with Crippen molar-refractivity contribution in [1.29, 1.82) is 0 Å². The van der Waals surface area contributed by atoms with Crippen LogP contribution in [0.15, 0.2) is 200 Å². The maximum Gasteiger partial charge on any atom is 0.0540 e. The van der Waals surface area contributed by atoms with Crippen LogP contribution in [0, 0.1) is 0 Å². The third kappa shape index (κ3) is 4.79. The van der Waals surface area contributed by atoms with Crippen molar-refractivity contribution in [3.63, 3.8) is 0 Å². The summed E-state index contributed by atoms with van der Waals surface area (Å²) in [6.45, 7) is 0. The van der Waals surface area contributed by atoms with Gasteiger partial charge in [-0.2, -0.15) is 0 Å². The van der Waals surface area contributed by atoms with E-state index in [4.69, 9.17) is 0 Å². The van der Waals surface area contributed by atoms with E-state index in [0.29, 0.717) is 0 Å². The zero-order valence-electron chi connectivity index (χ0n) is 30.8. The van der Waals surface area contributed by atoms with Gasteiger partial charge >= 0.3 is 0 Å². The van der Waals surface area contributed by atoms with E-state index in [2.05, 4.69) is 205 Å². The van der Waals surface area contributed by atoms with Gasteiger partial charge < -0.3 is 4.90 Å². The summed E-state index contributed by atoms with van der Waals surface area (Å²) in [6.07, 6.45) is 4.45. The van der Waals surface area contributed by atoms with Crippen LogP contribution in [0.25, 0.3) is 44.5 Å². The summed E-state index contributed by atoms with van der Waals surface area (Å²) in [4.78, 5) is 2.52. The van der Waals surface area contributed by atoms with Crippen molar-refractivity contribution in [2.24, 2.45) is 0 Å². The Bertz CT molecular complexity index is 2590.